The number of hydrogen-bond acceptors (Lipinski definition) is 0. The van der Waals surface area contributed by atoms with E-state index in [0.29, 0.717) is 0 Å². The standard InChI is InChI=1S/C7H9.3C7H13.Zr/c1-2-7-5-3-4-6-7;3*1-5-6-7(2,3)4;/h3-6H,2H2,1H3;3*5H,1-4H3;/q4*-1;+4. The predicted molar refractivity (Wildman–Crippen MR) is 130 cm³/mol. The van der Waals surface area contributed by atoms with Crippen molar-refractivity contribution in [3.05, 3.63) is 66.3 Å². The maximum Gasteiger partial charge on any atom is 4.00 e. The molecule has 0 amide bonds. The maximum atomic E-state index is 3.16. The maximum absolute atomic E-state index is 3.16. The zero-order valence-corrected chi connectivity index (χ0v) is 24.2. The van der Waals surface area contributed by atoms with Gasteiger partial charge in [0, 0.05) is 0 Å². The van der Waals surface area contributed by atoms with Crippen LogP contribution in [0.25, 0.3) is 0 Å². The molecule has 0 N–H and O–H groups in total. The van der Waals surface area contributed by atoms with E-state index in [-0.39, 0.29) is 42.4 Å². The van der Waals surface area contributed by atoms with Crippen LogP contribution in [0.5, 0.6) is 0 Å². The minimum Gasteiger partial charge on any atom is -0.495 e. The van der Waals surface area contributed by atoms with E-state index < -0.39 is 0 Å². The quantitative estimate of drug-likeness (QED) is 0.355. The molecule has 1 aromatic carbocycles. The van der Waals surface area contributed by atoms with Crippen LogP contribution >= 0.6 is 0 Å². The van der Waals surface area contributed by atoms with E-state index in [1.807, 2.05) is 39.0 Å². The first kappa shape index (κ1) is 35.9. The van der Waals surface area contributed by atoms with E-state index in [2.05, 4.69) is 112 Å². The van der Waals surface area contributed by atoms with Gasteiger partial charge in [-0.15, -0.1) is 0 Å². The Morgan fingerprint density at radius 3 is 0.931 bits per heavy atom. The molecule has 0 saturated heterocycles. The second-order valence-corrected chi connectivity index (χ2v) is 9.70. The molecule has 0 aliphatic carbocycles. The van der Waals surface area contributed by atoms with Gasteiger partial charge >= 0.3 is 26.2 Å². The molecule has 0 bridgehead atoms. The van der Waals surface area contributed by atoms with Crippen molar-refractivity contribution in [2.45, 2.75) is 96.4 Å². The summed E-state index contributed by atoms with van der Waals surface area (Å²) < 4.78 is 0. The van der Waals surface area contributed by atoms with Gasteiger partial charge in [0.2, 0.25) is 0 Å². The molecule has 29 heavy (non-hydrogen) atoms. The van der Waals surface area contributed by atoms with Crippen molar-refractivity contribution in [1.29, 1.82) is 0 Å². The average molecular weight is 476 g/mol. The van der Waals surface area contributed by atoms with Gasteiger partial charge in [0.1, 0.15) is 0 Å². The summed E-state index contributed by atoms with van der Waals surface area (Å²) in [5, 5.41) is 0. The molecule has 0 saturated carbocycles. The molecule has 0 aromatic heterocycles. The van der Waals surface area contributed by atoms with Crippen LogP contribution in [0.3, 0.4) is 0 Å². The van der Waals surface area contributed by atoms with E-state index >= 15 is 0 Å². The summed E-state index contributed by atoms with van der Waals surface area (Å²) in [4.78, 5) is 0. The second-order valence-electron chi connectivity index (χ2n) is 9.70. The molecule has 0 radical (unpaired) electrons. The Hall–Kier alpha value is -0.547. The fraction of sp³-hybridized carbons (Fsp3) is 0.607. The monoisotopic (exact) mass is 474 g/mol. The molecule has 0 fully saturated rings. The molecule has 0 aliphatic heterocycles. The molecule has 0 heterocycles. The van der Waals surface area contributed by atoms with Crippen LogP contribution < -0.4 is 0 Å². The molecule has 1 heteroatoms. The Balaban J connectivity index is -0.000000142. The molecule has 164 valence electrons. The summed E-state index contributed by atoms with van der Waals surface area (Å²) in [6, 6.07) is 8.41. The van der Waals surface area contributed by atoms with E-state index in [9.17, 15) is 0 Å². The van der Waals surface area contributed by atoms with Gasteiger partial charge in [0.05, 0.1) is 0 Å². The Bertz CT molecular complexity index is 454. The van der Waals surface area contributed by atoms with Gasteiger partial charge in [0.15, 0.2) is 0 Å². The van der Waals surface area contributed by atoms with E-state index in [1.54, 1.807) is 0 Å². The SMILES string of the molecule is CC=[C-]C(C)(C)C.CC=[C-]C(C)(C)C.CC=[C-]C(C)(C)C.CC[c-]1cccc1.[Zr+4]. The van der Waals surface area contributed by atoms with Crippen molar-refractivity contribution in [2.24, 2.45) is 16.2 Å². The normalized spacial score (nSPS) is 11.8. The van der Waals surface area contributed by atoms with Gasteiger partial charge in [0.25, 0.3) is 0 Å². The van der Waals surface area contributed by atoms with Gasteiger partial charge in [-0.3, -0.25) is 18.2 Å². The van der Waals surface area contributed by atoms with Gasteiger partial charge in [-0.05, 0) is 0 Å². The predicted octanol–water partition coefficient (Wildman–Crippen LogP) is 9.20. The summed E-state index contributed by atoms with van der Waals surface area (Å²) in [6.07, 6.45) is 16.5. The number of hydrogen-bond donors (Lipinski definition) is 0. The van der Waals surface area contributed by atoms with Crippen LogP contribution in [0, 0.1) is 34.5 Å². The third-order valence-corrected chi connectivity index (χ3v) is 2.87. The Morgan fingerprint density at radius 1 is 0.621 bits per heavy atom. The van der Waals surface area contributed by atoms with Crippen LogP contribution in [0.2, 0.25) is 0 Å². The van der Waals surface area contributed by atoms with Gasteiger partial charge in [-0.1, -0.05) is 96.4 Å². The second kappa shape index (κ2) is 19.4. The third kappa shape index (κ3) is 42.5. The summed E-state index contributed by atoms with van der Waals surface area (Å²) >= 11 is 0. The minimum absolute atomic E-state index is 0. The van der Waals surface area contributed by atoms with Crippen molar-refractivity contribution >= 4 is 0 Å². The molecule has 0 spiro atoms. The molecule has 0 aliphatic rings. The first-order chi connectivity index (χ1) is 12.6. The number of aryl methyl sites for hydroxylation is 1. The van der Waals surface area contributed by atoms with Crippen molar-refractivity contribution in [2.75, 3.05) is 0 Å². The van der Waals surface area contributed by atoms with Crippen molar-refractivity contribution in [3.8, 4) is 0 Å². The zero-order chi connectivity index (χ0) is 22.9. The van der Waals surface area contributed by atoms with Crippen molar-refractivity contribution < 1.29 is 26.2 Å². The molecule has 1 rings (SSSR count). The fourth-order valence-electron chi connectivity index (χ4n) is 1.95. The van der Waals surface area contributed by atoms with E-state index in [1.165, 1.54) is 5.56 Å². The minimum atomic E-state index is 0. The third-order valence-electron chi connectivity index (χ3n) is 2.87. The molecule has 1 aromatic rings. The molecular weight excluding hydrogens is 428 g/mol. The van der Waals surface area contributed by atoms with Crippen LogP contribution in [0.15, 0.2) is 42.5 Å². The van der Waals surface area contributed by atoms with Gasteiger partial charge in [-0.2, -0.15) is 33.9 Å². The van der Waals surface area contributed by atoms with Crippen molar-refractivity contribution in [1.82, 2.24) is 0 Å². The first-order valence-electron chi connectivity index (χ1n) is 10.5. The largest absolute Gasteiger partial charge is 4.00 e. The van der Waals surface area contributed by atoms with Crippen LogP contribution in [-0.4, -0.2) is 0 Å². The summed E-state index contributed by atoms with van der Waals surface area (Å²) in [6.45, 7) is 27.3. The Kier molecular flexibility index (Phi) is 24.0. The summed E-state index contributed by atoms with van der Waals surface area (Å²) in [5.41, 5.74) is 2.16. The number of allylic oxidation sites excluding steroid dienone is 6. The van der Waals surface area contributed by atoms with E-state index in [4.69, 9.17) is 0 Å². The topological polar surface area (TPSA) is 0 Å². The molecular formula is C28H48Zr. The molecule has 0 unspecified atom stereocenters. The smallest absolute Gasteiger partial charge is 0.495 e. The van der Waals surface area contributed by atoms with E-state index in [0.717, 1.165) is 6.42 Å². The van der Waals surface area contributed by atoms with Crippen LogP contribution in [-0.2, 0) is 32.6 Å². The Morgan fingerprint density at radius 2 is 0.862 bits per heavy atom. The van der Waals surface area contributed by atoms with Gasteiger partial charge < -0.3 is 18.2 Å². The average Bonchev–Trinajstić information content (AvgIpc) is 2.98. The zero-order valence-electron chi connectivity index (χ0n) is 21.7. The molecule has 0 atom stereocenters. The number of rotatable bonds is 1. The fourth-order valence-corrected chi connectivity index (χ4v) is 1.95. The first-order valence-corrected chi connectivity index (χ1v) is 10.5. The van der Waals surface area contributed by atoms with Gasteiger partial charge in [-0.25, -0.2) is 12.1 Å². The van der Waals surface area contributed by atoms with Crippen molar-refractivity contribution in [3.63, 3.8) is 0 Å². The van der Waals surface area contributed by atoms with Crippen LogP contribution in [0.4, 0.5) is 0 Å². The van der Waals surface area contributed by atoms with Crippen LogP contribution in [0.1, 0.15) is 95.6 Å². The summed E-state index contributed by atoms with van der Waals surface area (Å²) in [5.74, 6) is 0. The Labute approximate surface area is 204 Å². The summed E-state index contributed by atoms with van der Waals surface area (Å²) in [7, 11) is 0. The molecule has 0 nitrogen and oxygen atoms in total.